The Morgan fingerprint density at radius 2 is 1.95 bits per heavy atom. The molecule has 0 atom stereocenters. The second-order valence-electron chi connectivity index (χ2n) is 3.76. The van der Waals surface area contributed by atoms with Crippen LogP contribution in [0.5, 0.6) is 0 Å². The monoisotopic (exact) mass is 344 g/mol. The van der Waals surface area contributed by atoms with Crippen molar-refractivity contribution in [2.75, 3.05) is 5.32 Å². The number of halogens is 3. The Labute approximate surface area is 122 Å². The van der Waals surface area contributed by atoms with E-state index in [1.54, 1.807) is 30.3 Å². The van der Waals surface area contributed by atoms with Gasteiger partial charge in [-0.25, -0.2) is 4.98 Å². The third kappa shape index (κ3) is 3.91. The fraction of sp³-hybridized carbons (Fsp3) is 0.154. The molecule has 0 saturated heterocycles. The Kier molecular flexibility index (Phi) is 4.76. The van der Waals surface area contributed by atoms with Gasteiger partial charge < -0.3 is 5.32 Å². The first-order chi connectivity index (χ1) is 9.06. The van der Waals surface area contributed by atoms with Crippen LogP contribution in [0.3, 0.4) is 0 Å². The van der Waals surface area contributed by atoms with Gasteiger partial charge in [0, 0.05) is 9.37 Å². The van der Waals surface area contributed by atoms with Gasteiger partial charge in [0.25, 0.3) is 5.76 Å². The van der Waals surface area contributed by atoms with E-state index in [0.717, 1.165) is 10.2 Å². The van der Waals surface area contributed by atoms with Crippen molar-refractivity contribution < 1.29 is 8.78 Å². The summed E-state index contributed by atoms with van der Waals surface area (Å²) in [5, 5.41) is 3.06. The topological polar surface area (TPSA) is 24.9 Å². The van der Waals surface area contributed by atoms with E-state index in [4.69, 9.17) is 0 Å². The number of nitrogens with one attached hydrogen (secondary N) is 1. The van der Waals surface area contributed by atoms with Crippen molar-refractivity contribution in [3.63, 3.8) is 0 Å². The first-order valence-electron chi connectivity index (χ1n) is 5.50. The summed E-state index contributed by atoms with van der Waals surface area (Å²) < 4.78 is 25.8. The van der Waals surface area contributed by atoms with Gasteiger partial charge in [0.15, 0.2) is 0 Å². The lowest BCUT2D eigenvalue weighted by atomic mass is 10.3. The van der Waals surface area contributed by atoms with Gasteiger partial charge in [-0.2, -0.15) is 8.78 Å². The number of benzene rings is 1. The molecule has 1 N–H and O–H groups in total. The number of hydrogen-bond acceptors (Lipinski definition) is 3. The number of rotatable bonds is 4. The minimum absolute atomic E-state index is 0.500. The van der Waals surface area contributed by atoms with E-state index < -0.39 is 5.76 Å². The molecule has 0 radical (unpaired) electrons. The average Bonchev–Trinajstić information content (AvgIpc) is 2.36. The zero-order valence-electron chi connectivity index (χ0n) is 10.0. The summed E-state index contributed by atoms with van der Waals surface area (Å²) >= 11 is 3.89. The molecule has 19 heavy (non-hydrogen) atoms. The van der Waals surface area contributed by atoms with Crippen LogP contribution in [0.25, 0.3) is 0 Å². The minimum atomic E-state index is -2.44. The van der Waals surface area contributed by atoms with E-state index in [1.165, 1.54) is 0 Å². The number of para-hydroxylation sites is 1. The molecule has 0 spiro atoms. The van der Waals surface area contributed by atoms with E-state index in [2.05, 4.69) is 26.2 Å². The highest BCUT2D eigenvalue weighted by Crippen LogP contribution is 2.33. The predicted molar refractivity (Wildman–Crippen MR) is 78.3 cm³/mol. The standard InChI is InChI=1S/C13H11BrF2N2S/c1-8-9(14)6-7-12(17-8)18-10-4-2-3-5-11(10)19-13(15)16/h2-7,13H,1H3,(H,17,18). The highest BCUT2D eigenvalue weighted by molar-refractivity contribution is 9.10. The van der Waals surface area contributed by atoms with Crippen molar-refractivity contribution in [3.8, 4) is 0 Å². The van der Waals surface area contributed by atoms with Crippen LogP contribution in [0.15, 0.2) is 45.8 Å². The van der Waals surface area contributed by atoms with Gasteiger partial charge in [-0.05, 0) is 47.1 Å². The molecular formula is C13H11BrF2N2S. The maximum atomic E-state index is 12.5. The highest BCUT2D eigenvalue weighted by Gasteiger charge is 2.10. The molecule has 100 valence electrons. The normalized spacial score (nSPS) is 10.8. The molecule has 0 fully saturated rings. The molecule has 2 aromatic rings. The molecule has 1 aromatic carbocycles. The Morgan fingerprint density at radius 3 is 2.63 bits per heavy atom. The molecule has 2 rings (SSSR count). The average molecular weight is 345 g/mol. The number of nitrogens with zero attached hydrogens (tertiary/aromatic N) is 1. The summed E-state index contributed by atoms with van der Waals surface area (Å²) in [6.45, 7) is 1.87. The second-order valence-corrected chi connectivity index (χ2v) is 5.65. The van der Waals surface area contributed by atoms with Crippen LogP contribution in [0, 0.1) is 6.92 Å². The van der Waals surface area contributed by atoms with Crippen LogP contribution in [-0.4, -0.2) is 10.7 Å². The summed E-state index contributed by atoms with van der Waals surface area (Å²) in [5.41, 5.74) is 1.46. The number of pyridine rings is 1. The summed E-state index contributed by atoms with van der Waals surface area (Å²) in [7, 11) is 0. The molecule has 1 heterocycles. The summed E-state index contributed by atoms with van der Waals surface area (Å²) in [5.74, 6) is -1.81. The van der Waals surface area contributed by atoms with E-state index in [1.807, 2.05) is 13.0 Å². The van der Waals surface area contributed by atoms with Crippen LogP contribution < -0.4 is 5.32 Å². The fourth-order valence-electron chi connectivity index (χ4n) is 1.52. The van der Waals surface area contributed by atoms with Crippen molar-refractivity contribution >= 4 is 39.2 Å². The Hall–Kier alpha value is -1.14. The number of thioether (sulfide) groups is 1. The van der Waals surface area contributed by atoms with Gasteiger partial charge in [0.2, 0.25) is 0 Å². The van der Waals surface area contributed by atoms with Crippen molar-refractivity contribution in [2.45, 2.75) is 17.6 Å². The van der Waals surface area contributed by atoms with Crippen molar-refractivity contribution in [3.05, 3.63) is 46.6 Å². The molecule has 0 aliphatic carbocycles. The molecule has 1 aromatic heterocycles. The smallest absolute Gasteiger partial charge is 0.288 e. The van der Waals surface area contributed by atoms with Gasteiger partial charge in [0.05, 0.1) is 11.4 Å². The first-order valence-corrected chi connectivity index (χ1v) is 7.17. The lowest BCUT2D eigenvalue weighted by Crippen LogP contribution is -1.97. The SMILES string of the molecule is Cc1nc(Nc2ccccc2SC(F)F)ccc1Br. The van der Waals surface area contributed by atoms with E-state index >= 15 is 0 Å². The molecule has 2 nitrogen and oxygen atoms in total. The third-order valence-electron chi connectivity index (χ3n) is 2.39. The largest absolute Gasteiger partial charge is 0.339 e. The van der Waals surface area contributed by atoms with Crippen LogP contribution in [0.2, 0.25) is 0 Å². The number of aryl methyl sites for hydroxylation is 1. The zero-order valence-corrected chi connectivity index (χ0v) is 12.4. The van der Waals surface area contributed by atoms with Crippen molar-refractivity contribution in [1.82, 2.24) is 4.98 Å². The van der Waals surface area contributed by atoms with Gasteiger partial charge in [-0.1, -0.05) is 23.9 Å². The summed E-state index contributed by atoms with van der Waals surface area (Å²) in [6.07, 6.45) is 0. The fourth-order valence-corrected chi connectivity index (χ4v) is 2.34. The van der Waals surface area contributed by atoms with E-state index in [0.29, 0.717) is 28.2 Å². The Morgan fingerprint density at radius 1 is 1.21 bits per heavy atom. The maximum Gasteiger partial charge on any atom is 0.288 e. The van der Waals surface area contributed by atoms with Gasteiger partial charge in [-0.15, -0.1) is 0 Å². The zero-order chi connectivity index (χ0) is 13.8. The number of hydrogen-bond donors (Lipinski definition) is 1. The lowest BCUT2D eigenvalue weighted by Gasteiger charge is -2.11. The Bertz CT molecular complexity index is 578. The first kappa shape index (κ1) is 14.3. The maximum absolute atomic E-state index is 12.5. The van der Waals surface area contributed by atoms with Crippen molar-refractivity contribution in [2.24, 2.45) is 0 Å². The second kappa shape index (κ2) is 6.34. The third-order valence-corrected chi connectivity index (χ3v) is 4.01. The van der Waals surface area contributed by atoms with Gasteiger partial charge >= 0.3 is 0 Å². The molecule has 0 bridgehead atoms. The number of anilines is 2. The summed E-state index contributed by atoms with van der Waals surface area (Å²) in [6, 6.07) is 10.6. The molecule has 0 unspecified atom stereocenters. The van der Waals surface area contributed by atoms with Crippen molar-refractivity contribution in [1.29, 1.82) is 0 Å². The van der Waals surface area contributed by atoms with E-state index in [-0.39, 0.29) is 0 Å². The van der Waals surface area contributed by atoms with Crippen LogP contribution in [0.4, 0.5) is 20.3 Å². The number of aromatic nitrogens is 1. The van der Waals surface area contributed by atoms with Gasteiger partial charge in [0.1, 0.15) is 5.82 Å². The minimum Gasteiger partial charge on any atom is -0.339 e. The van der Waals surface area contributed by atoms with Crippen LogP contribution >= 0.6 is 27.7 Å². The molecule has 0 aliphatic heterocycles. The molecule has 0 amide bonds. The van der Waals surface area contributed by atoms with Crippen LogP contribution in [-0.2, 0) is 0 Å². The lowest BCUT2D eigenvalue weighted by molar-refractivity contribution is 0.252. The number of alkyl halides is 2. The molecule has 6 heteroatoms. The van der Waals surface area contributed by atoms with Gasteiger partial charge in [-0.3, -0.25) is 0 Å². The Balaban J connectivity index is 2.25. The summed E-state index contributed by atoms with van der Waals surface area (Å²) in [4.78, 5) is 4.83. The van der Waals surface area contributed by atoms with Crippen LogP contribution in [0.1, 0.15) is 5.69 Å². The quantitative estimate of drug-likeness (QED) is 0.770. The molecule has 0 aliphatic rings. The molecule has 0 saturated carbocycles. The van der Waals surface area contributed by atoms with E-state index in [9.17, 15) is 8.78 Å². The highest BCUT2D eigenvalue weighted by atomic mass is 79.9. The molecular weight excluding hydrogens is 334 g/mol. The predicted octanol–water partition coefficient (Wildman–Crippen LogP) is 5.21.